The molecule has 2 heterocycles. The summed E-state index contributed by atoms with van der Waals surface area (Å²) < 4.78 is 51.8. The molecule has 30 heavy (non-hydrogen) atoms. The largest absolute Gasteiger partial charge is 0.411 e. The molecule has 0 bridgehead atoms. The SMILES string of the molecule is O=S(=O)(c1cccc(-c2nnc(SCc3c(F)cccc3Cl)o2)c1)N1CCOCC1. The van der Waals surface area contributed by atoms with Gasteiger partial charge in [0, 0.05) is 35.0 Å². The van der Waals surface area contributed by atoms with Gasteiger partial charge in [0.2, 0.25) is 15.9 Å². The minimum absolute atomic E-state index is 0.146. The third-order valence-corrected chi connectivity index (χ3v) is 7.59. The highest BCUT2D eigenvalue weighted by Crippen LogP contribution is 2.30. The van der Waals surface area contributed by atoms with Gasteiger partial charge < -0.3 is 9.15 Å². The van der Waals surface area contributed by atoms with E-state index < -0.39 is 15.8 Å². The van der Waals surface area contributed by atoms with Crippen molar-refractivity contribution in [2.45, 2.75) is 15.9 Å². The summed E-state index contributed by atoms with van der Waals surface area (Å²) in [5.74, 6) is -0.00888. The van der Waals surface area contributed by atoms with Crippen molar-refractivity contribution in [1.82, 2.24) is 14.5 Å². The van der Waals surface area contributed by atoms with Crippen molar-refractivity contribution in [2.75, 3.05) is 26.3 Å². The molecule has 1 aliphatic rings. The maximum Gasteiger partial charge on any atom is 0.277 e. The molecule has 0 N–H and O–H groups in total. The Balaban J connectivity index is 1.52. The van der Waals surface area contributed by atoms with Gasteiger partial charge in [-0.3, -0.25) is 0 Å². The predicted octanol–water partition coefficient (Wildman–Crippen LogP) is 3.84. The summed E-state index contributed by atoms with van der Waals surface area (Å²) in [4.78, 5) is 0.146. The molecule has 3 aromatic rings. The number of thioether (sulfide) groups is 1. The molecule has 0 radical (unpaired) electrons. The summed E-state index contributed by atoms with van der Waals surface area (Å²) in [7, 11) is -3.64. The fourth-order valence-corrected chi connectivity index (χ4v) is 5.48. The van der Waals surface area contributed by atoms with Crippen LogP contribution in [-0.4, -0.2) is 49.2 Å². The molecule has 4 rings (SSSR count). The zero-order chi connectivity index (χ0) is 21.1. The Kier molecular flexibility index (Phi) is 6.40. The molecule has 0 unspecified atom stereocenters. The van der Waals surface area contributed by atoms with E-state index in [1.807, 2.05) is 0 Å². The molecule has 1 fully saturated rings. The van der Waals surface area contributed by atoms with Crippen LogP contribution in [0.1, 0.15) is 5.56 Å². The second-order valence-electron chi connectivity index (χ2n) is 6.41. The van der Waals surface area contributed by atoms with E-state index in [0.717, 1.165) is 11.8 Å². The number of rotatable bonds is 6. The highest BCUT2D eigenvalue weighted by molar-refractivity contribution is 7.98. The Morgan fingerprint density at radius 2 is 1.90 bits per heavy atom. The first-order valence-corrected chi connectivity index (χ1v) is 11.8. The molecule has 7 nitrogen and oxygen atoms in total. The molecule has 0 amide bonds. The molecular formula is C19H17ClFN3O4S2. The van der Waals surface area contributed by atoms with Crippen LogP contribution in [0, 0.1) is 5.82 Å². The van der Waals surface area contributed by atoms with E-state index in [4.69, 9.17) is 20.8 Å². The zero-order valence-electron chi connectivity index (χ0n) is 15.6. The summed E-state index contributed by atoms with van der Waals surface area (Å²) >= 11 is 7.18. The average molecular weight is 470 g/mol. The zero-order valence-corrected chi connectivity index (χ0v) is 18.0. The first kappa shape index (κ1) is 21.3. The first-order valence-electron chi connectivity index (χ1n) is 9.03. The standard InChI is InChI=1S/C19H17ClFN3O4S2/c20-16-5-2-6-17(21)15(16)12-29-19-23-22-18(28-19)13-3-1-4-14(11-13)30(25,26)24-7-9-27-10-8-24/h1-6,11H,7-10,12H2. The number of hydrogen-bond acceptors (Lipinski definition) is 7. The van der Waals surface area contributed by atoms with Gasteiger partial charge >= 0.3 is 0 Å². The van der Waals surface area contributed by atoms with E-state index >= 15 is 0 Å². The highest BCUT2D eigenvalue weighted by Gasteiger charge is 2.27. The topological polar surface area (TPSA) is 85.5 Å². The molecular weight excluding hydrogens is 453 g/mol. The normalized spacial score (nSPS) is 15.4. The minimum atomic E-state index is -3.64. The average Bonchev–Trinajstić information content (AvgIpc) is 3.23. The van der Waals surface area contributed by atoms with Crippen molar-refractivity contribution in [1.29, 1.82) is 0 Å². The van der Waals surface area contributed by atoms with Crippen LogP contribution in [0.4, 0.5) is 4.39 Å². The number of benzene rings is 2. The van der Waals surface area contributed by atoms with Crippen LogP contribution in [0.15, 0.2) is 57.0 Å². The summed E-state index contributed by atoms with van der Waals surface area (Å²) in [5.41, 5.74) is 0.829. The van der Waals surface area contributed by atoms with E-state index in [2.05, 4.69) is 10.2 Å². The number of ether oxygens (including phenoxy) is 1. The third kappa shape index (κ3) is 4.52. The number of hydrogen-bond donors (Lipinski definition) is 0. The van der Waals surface area contributed by atoms with Gasteiger partial charge in [-0.05, 0) is 30.3 Å². The molecule has 1 aromatic heterocycles. The lowest BCUT2D eigenvalue weighted by Gasteiger charge is -2.26. The molecule has 11 heteroatoms. The van der Waals surface area contributed by atoms with Gasteiger partial charge in [0.25, 0.3) is 5.22 Å². The van der Waals surface area contributed by atoms with Crippen molar-refractivity contribution in [3.05, 3.63) is 58.9 Å². The van der Waals surface area contributed by atoms with E-state index in [1.54, 1.807) is 18.2 Å². The molecule has 2 aromatic carbocycles. The monoisotopic (exact) mass is 469 g/mol. The van der Waals surface area contributed by atoms with Crippen LogP contribution in [0.5, 0.6) is 0 Å². The highest BCUT2D eigenvalue weighted by atomic mass is 35.5. The van der Waals surface area contributed by atoms with Crippen molar-refractivity contribution < 1.29 is 22.0 Å². The Labute approximate surface area is 182 Å². The van der Waals surface area contributed by atoms with Crippen LogP contribution in [0.25, 0.3) is 11.5 Å². The Morgan fingerprint density at radius 1 is 1.13 bits per heavy atom. The van der Waals surface area contributed by atoms with Crippen LogP contribution < -0.4 is 0 Å². The molecule has 1 aliphatic heterocycles. The van der Waals surface area contributed by atoms with Gasteiger partial charge in [0.15, 0.2) is 0 Å². The van der Waals surface area contributed by atoms with Gasteiger partial charge in [-0.25, -0.2) is 12.8 Å². The van der Waals surface area contributed by atoms with Crippen LogP contribution in [0.3, 0.4) is 0 Å². The fourth-order valence-electron chi connectivity index (χ4n) is 2.91. The molecule has 0 spiro atoms. The minimum Gasteiger partial charge on any atom is -0.411 e. The van der Waals surface area contributed by atoms with Gasteiger partial charge in [0.05, 0.1) is 18.1 Å². The lowest BCUT2D eigenvalue weighted by Crippen LogP contribution is -2.40. The molecule has 0 aliphatic carbocycles. The number of sulfonamides is 1. The lowest BCUT2D eigenvalue weighted by atomic mass is 10.2. The maximum atomic E-state index is 13.9. The Hall–Kier alpha value is -1.98. The predicted molar refractivity (Wildman–Crippen MR) is 110 cm³/mol. The number of aromatic nitrogens is 2. The maximum absolute atomic E-state index is 13.9. The quantitative estimate of drug-likeness (QED) is 0.507. The molecule has 1 saturated heterocycles. The van der Waals surface area contributed by atoms with Gasteiger partial charge in [-0.1, -0.05) is 35.5 Å². The fraction of sp³-hybridized carbons (Fsp3) is 0.263. The smallest absolute Gasteiger partial charge is 0.277 e. The molecule has 158 valence electrons. The van der Waals surface area contributed by atoms with E-state index in [-0.39, 0.29) is 21.8 Å². The second-order valence-corrected chi connectivity index (χ2v) is 9.68. The first-order chi connectivity index (χ1) is 14.4. The van der Waals surface area contributed by atoms with E-state index in [9.17, 15) is 12.8 Å². The lowest BCUT2D eigenvalue weighted by molar-refractivity contribution is 0.0730. The number of nitrogens with zero attached hydrogens (tertiary/aromatic N) is 3. The number of morpholine rings is 1. The van der Waals surface area contributed by atoms with E-state index in [0.29, 0.717) is 42.5 Å². The third-order valence-electron chi connectivity index (χ3n) is 4.50. The van der Waals surface area contributed by atoms with Crippen molar-refractivity contribution in [2.24, 2.45) is 0 Å². The van der Waals surface area contributed by atoms with Gasteiger partial charge in [-0.2, -0.15) is 4.31 Å². The van der Waals surface area contributed by atoms with Crippen LogP contribution >= 0.6 is 23.4 Å². The van der Waals surface area contributed by atoms with E-state index in [1.165, 1.54) is 28.6 Å². The summed E-state index contributed by atoms with van der Waals surface area (Å²) in [6, 6.07) is 10.8. The van der Waals surface area contributed by atoms with Crippen LogP contribution in [-0.2, 0) is 20.5 Å². The van der Waals surface area contributed by atoms with Crippen molar-refractivity contribution in [3.8, 4) is 11.5 Å². The second kappa shape index (κ2) is 9.03. The number of halogens is 2. The molecule has 0 atom stereocenters. The van der Waals surface area contributed by atoms with Gasteiger partial charge in [-0.15, -0.1) is 10.2 Å². The summed E-state index contributed by atoms with van der Waals surface area (Å²) in [6.45, 7) is 1.36. The van der Waals surface area contributed by atoms with Crippen molar-refractivity contribution in [3.63, 3.8) is 0 Å². The Bertz CT molecular complexity index is 1130. The van der Waals surface area contributed by atoms with Crippen LogP contribution in [0.2, 0.25) is 5.02 Å². The Morgan fingerprint density at radius 3 is 2.67 bits per heavy atom. The summed E-state index contributed by atoms with van der Waals surface area (Å²) in [6.07, 6.45) is 0. The summed E-state index contributed by atoms with van der Waals surface area (Å²) in [5, 5.41) is 8.49. The van der Waals surface area contributed by atoms with Gasteiger partial charge in [0.1, 0.15) is 5.82 Å². The molecule has 0 saturated carbocycles. The van der Waals surface area contributed by atoms with Crippen molar-refractivity contribution >= 4 is 33.4 Å².